The van der Waals surface area contributed by atoms with Crippen molar-refractivity contribution in [3.63, 3.8) is 0 Å². The zero-order valence-corrected chi connectivity index (χ0v) is 11.8. The normalized spacial score (nSPS) is 12.4. The molecule has 0 saturated heterocycles. The fraction of sp³-hybridized carbons (Fsp3) is 0.357. The Kier molecular flexibility index (Phi) is 4.64. The maximum absolute atomic E-state index is 14.0. The zero-order valence-electron chi connectivity index (χ0n) is 11.8. The van der Waals surface area contributed by atoms with Gasteiger partial charge in [0.25, 0.3) is 0 Å². The molecule has 112 valence electrons. The smallest absolute Gasteiger partial charge is 0.226 e. The second kappa shape index (κ2) is 6.45. The first-order valence-corrected chi connectivity index (χ1v) is 6.60. The van der Waals surface area contributed by atoms with Crippen LogP contribution in [-0.2, 0) is 4.79 Å². The number of hydrogen-bond acceptors (Lipinski definition) is 4. The molecule has 1 unspecified atom stereocenters. The SMILES string of the molecule is CC(C)C(O)CC(=O)Nc1ccc(-n2cncn2)c(F)c1. The Bertz CT molecular complexity index is 613. The molecular formula is C14H17FN4O2. The van der Waals surface area contributed by atoms with Crippen LogP contribution in [0.5, 0.6) is 0 Å². The highest BCUT2D eigenvalue weighted by Gasteiger charge is 2.15. The molecule has 0 aliphatic heterocycles. The molecule has 1 aromatic heterocycles. The lowest BCUT2D eigenvalue weighted by atomic mass is 10.0. The average Bonchev–Trinajstić information content (AvgIpc) is 2.92. The summed E-state index contributed by atoms with van der Waals surface area (Å²) in [6.45, 7) is 3.65. The second-order valence-electron chi connectivity index (χ2n) is 5.07. The van der Waals surface area contributed by atoms with E-state index in [2.05, 4.69) is 15.4 Å². The standard InChI is InChI=1S/C14H17FN4O2/c1-9(2)13(20)6-14(21)18-10-3-4-12(11(15)5-10)19-8-16-7-17-19/h3-5,7-9,13,20H,6H2,1-2H3,(H,18,21). The van der Waals surface area contributed by atoms with Gasteiger partial charge in [0.05, 0.1) is 12.5 Å². The third-order valence-electron chi connectivity index (χ3n) is 3.06. The highest BCUT2D eigenvalue weighted by molar-refractivity contribution is 5.91. The molecule has 0 aliphatic rings. The number of carbonyl (C=O) groups is 1. The van der Waals surface area contributed by atoms with Crippen molar-refractivity contribution < 1.29 is 14.3 Å². The number of benzene rings is 1. The molecule has 2 N–H and O–H groups in total. The topological polar surface area (TPSA) is 80.0 Å². The van der Waals surface area contributed by atoms with E-state index < -0.39 is 11.9 Å². The van der Waals surface area contributed by atoms with Crippen molar-refractivity contribution >= 4 is 11.6 Å². The molecule has 2 aromatic rings. The van der Waals surface area contributed by atoms with Crippen molar-refractivity contribution in [3.05, 3.63) is 36.7 Å². The first kappa shape index (κ1) is 15.1. The molecule has 0 saturated carbocycles. The number of aromatic nitrogens is 3. The third kappa shape index (κ3) is 3.85. The Morgan fingerprint density at radius 1 is 1.48 bits per heavy atom. The van der Waals surface area contributed by atoms with Crippen molar-refractivity contribution in [1.29, 1.82) is 0 Å². The fourth-order valence-corrected chi connectivity index (χ4v) is 1.74. The van der Waals surface area contributed by atoms with Gasteiger partial charge in [0, 0.05) is 5.69 Å². The summed E-state index contributed by atoms with van der Waals surface area (Å²) in [5, 5.41) is 16.0. The number of halogens is 1. The van der Waals surface area contributed by atoms with Crippen LogP contribution in [0.2, 0.25) is 0 Å². The van der Waals surface area contributed by atoms with Gasteiger partial charge >= 0.3 is 0 Å². The first-order chi connectivity index (χ1) is 9.97. The number of aliphatic hydroxyl groups is 1. The molecule has 1 heterocycles. The predicted molar refractivity (Wildman–Crippen MR) is 75.4 cm³/mol. The third-order valence-corrected chi connectivity index (χ3v) is 3.06. The molecule has 2 rings (SSSR count). The minimum absolute atomic E-state index is 0.0119. The van der Waals surface area contributed by atoms with E-state index in [9.17, 15) is 14.3 Å². The first-order valence-electron chi connectivity index (χ1n) is 6.60. The van der Waals surface area contributed by atoms with E-state index in [0.717, 1.165) is 0 Å². The van der Waals surface area contributed by atoms with E-state index >= 15 is 0 Å². The van der Waals surface area contributed by atoms with Gasteiger partial charge in [0.15, 0.2) is 5.82 Å². The summed E-state index contributed by atoms with van der Waals surface area (Å²) in [6.07, 6.45) is 1.95. The molecule has 1 amide bonds. The van der Waals surface area contributed by atoms with E-state index in [0.29, 0.717) is 5.69 Å². The number of anilines is 1. The summed E-state index contributed by atoms with van der Waals surface area (Å²) in [4.78, 5) is 15.5. The van der Waals surface area contributed by atoms with Crippen LogP contribution >= 0.6 is 0 Å². The van der Waals surface area contributed by atoms with Crippen LogP contribution in [0.4, 0.5) is 10.1 Å². The Labute approximate surface area is 121 Å². The Morgan fingerprint density at radius 2 is 2.24 bits per heavy atom. The highest BCUT2D eigenvalue weighted by atomic mass is 19.1. The fourth-order valence-electron chi connectivity index (χ4n) is 1.74. The van der Waals surface area contributed by atoms with Crippen LogP contribution < -0.4 is 5.32 Å². The minimum atomic E-state index is -0.718. The molecular weight excluding hydrogens is 275 g/mol. The van der Waals surface area contributed by atoms with Crippen LogP contribution in [0.3, 0.4) is 0 Å². The predicted octanol–water partition coefficient (Wildman–Crippen LogP) is 1.75. The van der Waals surface area contributed by atoms with E-state index in [1.54, 1.807) is 6.07 Å². The maximum atomic E-state index is 14.0. The second-order valence-corrected chi connectivity index (χ2v) is 5.07. The van der Waals surface area contributed by atoms with Gasteiger partial charge < -0.3 is 10.4 Å². The number of hydrogen-bond donors (Lipinski definition) is 2. The lowest BCUT2D eigenvalue weighted by molar-refractivity contribution is -0.118. The Hall–Kier alpha value is -2.28. The highest BCUT2D eigenvalue weighted by Crippen LogP contribution is 2.18. The summed E-state index contributed by atoms with van der Waals surface area (Å²) in [7, 11) is 0. The van der Waals surface area contributed by atoms with E-state index in [-0.39, 0.29) is 23.9 Å². The molecule has 7 heteroatoms. The lowest BCUT2D eigenvalue weighted by Gasteiger charge is -2.14. The van der Waals surface area contributed by atoms with E-state index in [4.69, 9.17) is 0 Å². The van der Waals surface area contributed by atoms with Crippen LogP contribution in [-0.4, -0.2) is 31.9 Å². The van der Waals surface area contributed by atoms with Gasteiger partial charge in [-0.05, 0) is 24.1 Å². The Morgan fingerprint density at radius 3 is 2.81 bits per heavy atom. The molecule has 1 atom stereocenters. The average molecular weight is 292 g/mol. The minimum Gasteiger partial charge on any atom is -0.392 e. The van der Waals surface area contributed by atoms with Crippen molar-refractivity contribution in [2.45, 2.75) is 26.4 Å². The van der Waals surface area contributed by atoms with Gasteiger partial charge in [-0.2, -0.15) is 5.10 Å². The number of rotatable bonds is 5. The molecule has 0 aliphatic carbocycles. The van der Waals surface area contributed by atoms with Gasteiger partial charge in [-0.3, -0.25) is 4.79 Å². The zero-order chi connectivity index (χ0) is 15.4. The van der Waals surface area contributed by atoms with Crippen LogP contribution in [0.25, 0.3) is 5.69 Å². The monoisotopic (exact) mass is 292 g/mol. The van der Waals surface area contributed by atoms with Gasteiger partial charge in [0.1, 0.15) is 18.3 Å². The van der Waals surface area contributed by atoms with Crippen molar-refractivity contribution in [3.8, 4) is 5.69 Å². The Balaban J connectivity index is 2.05. The molecule has 6 nitrogen and oxygen atoms in total. The van der Waals surface area contributed by atoms with Crippen molar-refractivity contribution in [2.75, 3.05) is 5.32 Å². The van der Waals surface area contributed by atoms with Crippen LogP contribution in [0, 0.1) is 11.7 Å². The molecule has 0 bridgehead atoms. The summed E-state index contributed by atoms with van der Waals surface area (Å²) >= 11 is 0. The lowest BCUT2D eigenvalue weighted by Crippen LogP contribution is -2.23. The number of carbonyl (C=O) groups excluding carboxylic acids is 1. The summed E-state index contributed by atoms with van der Waals surface area (Å²) < 4.78 is 15.3. The van der Waals surface area contributed by atoms with Gasteiger partial charge in [-0.1, -0.05) is 13.8 Å². The largest absolute Gasteiger partial charge is 0.392 e. The summed E-state index contributed by atoms with van der Waals surface area (Å²) in [6, 6.07) is 4.27. The molecule has 0 radical (unpaired) electrons. The van der Waals surface area contributed by atoms with Crippen molar-refractivity contribution in [1.82, 2.24) is 14.8 Å². The quantitative estimate of drug-likeness (QED) is 0.880. The number of nitrogens with zero attached hydrogens (tertiary/aromatic N) is 3. The number of nitrogens with one attached hydrogen (secondary N) is 1. The van der Waals surface area contributed by atoms with Gasteiger partial charge in [0.2, 0.25) is 5.91 Å². The molecule has 21 heavy (non-hydrogen) atoms. The summed E-state index contributed by atoms with van der Waals surface area (Å²) in [5.74, 6) is -0.894. The molecule has 1 aromatic carbocycles. The van der Waals surface area contributed by atoms with Gasteiger partial charge in [-0.15, -0.1) is 0 Å². The maximum Gasteiger partial charge on any atom is 0.226 e. The van der Waals surface area contributed by atoms with Crippen molar-refractivity contribution in [2.24, 2.45) is 5.92 Å². The number of amides is 1. The van der Waals surface area contributed by atoms with Crippen LogP contribution in [0.1, 0.15) is 20.3 Å². The van der Waals surface area contributed by atoms with E-state index in [1.807, 2.05) is 13.8 Å². The summed E-state index contributed by atoms with van der Waals surface area (Å²) in [5.41, 5.74) is 0.574. The molecule has 0 spiro atoms. The van der Waals surface area contributed by atoms with Crippen LogP contribution in [0.15, 0.2) is 30.9 Å². The van der Waals surface area contributed by atoms with E-state index in [1.165, 1.54) is 29.5 Å². The van der Waals surface area contributed by atoms with Gasteiger partial charge in [-0.25, -0.2) is 14.1 Å². The molecule has 0 fully saturated rings. The number of aliphatic hydroxyl groups excluding tert-OH is 1.